The van der Waals surface area contributed by atoms with E-state index in [-0.39, 0.29) is 5.92 Å². The summed E-state index contributed by atoms with van der Waals surface area (Å²) in [5.41, 5.74) is 0. The minimum absolute atomic E-state index is 0.0787. The van der Waals surface area contributed by atoms with Crippen molar-refractivity contribution in [3.8, 4) is 0 Å². The second kappa shape index (κ2) is 16.6. The van der Waals surface area contributed by atoms with E-state index in [0.29, 0.717) is 25.7 Å². The quantitative estimate of drug-likeness (QED) is 0.157. The fraction of sp³-hybridized carbons (Fsp3) is 1.00. The predicted octanol–water partition coefficient (Wildman–Crippen LogP) is 6.53. The van der Waals surface area contributed by atoms with Gasteiger partial charge < -0.3 is 14.2 Å². The van der Waals surface area contributed by atoms with Crippen LogP contribution in [0.15, 0.2) is 0 Å². The van der Waals surface area contributed by atoms with Gasteiger partial charge in [-0.05, 0) is 25.7 Å². The van der Waals surface area contributed by atoms with Gasteiger partial charge in [-0.3, -0.25) is 0 Å². The van der Waals surface area contributed by atoms with E-state index in [0.717, 1.165) is 32.1 Å². The van der Waals surface area contributed by atoms with Gasteiger partial charge in [-0.15, -0.1) is 11.6 Å². The molecule has 4 heteroatoms. The zero-order valence-electron chi connectivity index (χ0n) is 16.6. The fourth-order valence-corrected chi connectivity index (χ4v) is 3.07. The average Bonchev–Trinajstić information content (AvgIpc) is 2.61. The summed E-state index contributed by atoms with van der Waals surface area (Å²) in [6, 6.07) is 0. The molecule has 0 saturated carbocycles. The summed E-state index contributed by atoms with van der Waals surface area (Å²) in [5.74, 6) is -0.380. The molecule has 0 aliphatic heterocycles. The summed E-state index contributed by atoms with van der Waals surface area (Å²) in [6.07, 6.45) is 11.5. The molecule has 0 amide bonds. The molecule has 1 unspecified atom stereocenters. The number of hydrogen-bond acceptors (Lipinski definition) is 3. The Labute approximate surface area is 155 Å². The number of ether oxygens (including phenoxy) is 3. The zero-order chi connectivity index (χ0) is 18.1. The van der Waals surface area contributed by atoms with Gasteiger partial charge in [0, 0.05) is 5.88 Å². The highest BCUT2D eigenvalue weighted by molar-refractivity contribution is 6.18. The Hall–Kier alpha value is 0.170. The summed E-state index contributed by atoms with van der Waals surface area (Å²) >= 11 is 6.31. The summed E-state index contributed by atoms with van der Waals surface area (Å²) in [5, 5.41) is 0. The summed E-state index contributed by atoms with van der Waals surface area (Å²) < 4.78 is 18.3. The van der Waals surface area contributed by atoms with Crippen molar-refractivity contribution in [3.63, 3.8) is 0 Å². The van der Waals surface area contributed by atoms with E-state index in [1.54, 1.807) is 0 Å². The number of unbranched alkanes of at least 4 members (excludes halogenated alkanes) is 5. The molecule has 0 rings (SSSR count). The van der Waals surface area contributed by atoms with Crippen molar-refractivity contribution >= 4 is 11.6 Å². The Morgan fingerprint density at radius 1 is 0.667 bits per heavy atom. The topological polar surface area (TPSA) is 27.7 Å². The van der Waals surface area contributed by atoms with Crippen molar-refractivity contribution in [3.05, 3.63) is 0 Å². The van der Waals surface area contributed by atoms with Crippen LogP contribution in [0.4, 0.5) is 0 Å². The van der Waals surface area contributed by atoms with Crippen LogP contribution in [-0.4, -0.2) is 31.7 Å². The molecule has 1 atom stereocenters. The molecule has 0 radical (unpaired) electrons. The highest BCUT2D eigenvalue weighted by Gasteiger charge is 2.41. The molecular formula is C20H41ClO3. The van der Waals surface area contributed by atoms with Gasteiger partial charge in [-0.2, -0.15) is 0 Å². The summed E-state index contributed by atoms with van der Waals surface area (Å²) in [4.78, 5) is 0. The molecule has 0 aromatic carbocycles. The first-order valence-corrected chi connectivity index (χ1v) is 10.7. The molecule has 0 aliphatic carbocycles. The molecule has 0 aromatic rings. The Kier molecular flexibility index (Phi) is 16.7. The Balaban J connectivity index is 4.72. The van der Waals surface area contributed by atoms with Crippen LogP contribution < -0.4 is 0 Å². The normalized spacial score (nSPS) is 13.4. The molecular weight excluding hydrogens is 324 g/mol. The smallest absolute Gasteiger partial charge is 0.287 e. The fourth-order valence-electron chi connectivity index (χ4n) is 2.73. The number of rotatable bonds is 18. The molecule has 0 fully saturated rings. The third-order valence-electron chi connectivity index (χ3n) is 4.11. The van der Waals surface area contributed by atoms with E-state index in [1.165, 1.54) is 32.1 Å². The van der Waals surface area contributed by atoms with E-state index in [4.69, 9.17) is 25.8 Å². The molecule has 0 heterocycles. The molecule has 3 nitrogen and oxygen atoms in total. The lowest BCUT2D eigenvalue weighted by Gasteiger charge is -2.39. The third kappa shape index (κ3) is 10.2. The zero-order valence-corrected chi connectivity index (χ0v) is 17.3. The Bertz CT molecular complexity index is 239. The average molecular weight is 365 g/mol. The maximum absolute atomic E-state index is 6.31. The maximum Gasteiger partial charge on any atom is 0.287 e. The van der Waals surface area contributed by atoms with E-state index in [9.17, 15) is 0 Å². The molecule has 0 bridgehead atoms. The number of halogens is 1. The molecule has 24 heavy (non-hydrogen) atoms. The van der Waals surface area contributed by atoms with Crippen molar-refractivity contribution in [2.45, 2.75) is 97.9 Å². The van der Waals surface area contributed by atoms with Crippen molar-refractivity contribution in [2.24, 2.45) is 5.92 Å². The second-order valence-electron chi connectivity index (χ2n) is 6.56. The monoisotopic (exact) mass is 364 g/mol. The van der Waals surface area contributed by atoms with Crippen LogP contribution in [0.25, 0.3) is 0 Å². The Morgan fingerprint density at radius 2 is 1.12 bits per heavy atom. The highest BCUT2D eigenvalue weighted by atomic mass is 35.5. The molecule has 0 aliphatic rings. The lowest BCUT2D eigenvalue weighted by atomic mass is 9.99. The highest BCUT2D eigenvalue weighted by Crippen LogP contribution is 2.32. The molecule has 0 saturated heterocycles. The van der Waals surface area contributed by atoms with E-state index < -0.39 is 5.97 Å². The first kappa shape index (κ1) is 24.2. The van der Waals surface area contributed by atoms with Crippen molar-refractivity contribution in [1.82, 2.24) is 0 Å². The molecule has 0 N–H and O–H groups in total. The van der Waals surface area contributed by atoms with Gasteiger partial charge in [0.05, 0.1) is 25.7 Å². The van der Waals surface area contributed by atoms with Crippen LogP contribution >= 0.6 is 11.6 Å². The first-order valence-electron chi connectivity index (χ1n) is 10.2. The standard InChI is InChI=1S/C20H41ClO3/c1-5-9-10-11-12-13-14-19(18-21)20(22-15-6-2,23-16-7-3)24-17-8-4/h19H,5-18H2,1-4H3. The maximum atomic E-state index is 6.31. The number of alkyl halides is 1. The Morgan fingerprint density at radius 3 is 1.54 bits per heavy atom. The van der Waals surface area contributed by atoms with Gasteiger partial charge in [0.1, 0.15) is 0 Å². The molecule has 0 aromatic heterocycles. The van der Waals surface area contributed by atoms with Crippen LogP contribution in [-0.2, 0) is 14.2 Å². The van der Waals surface area contributed by atoms with Crippen LogP contribution in [0.2, 0.25) is 0 Å². The summed E-state index contributed by atoms with van der Waals surface area (Å²) in [7, 11) is 0. The largest absolute Gasteiger partial charge is 0.327 e. The molecule has 146 valence electrons. The van der Waals surface area contributed by atoms with E-state index >= 15 is 0 Å². The van der Waals surface area contributed by atoms with Crippen LogP contribution in [0, 0.1) is 5.92 Å². The van der Waals surface area contributed by atoms with Crippen molar-refractivity contribution in [1.29, 1.82) is 0 Å². The van der Waals surface area contributed by atoms with Crippen molar-refractivity contribution in [2.75, 3.05) is 25.7 Å². The van der Waals surface area contributed by atoms with Gasteiger partial charge in [-0.25, -0.2) is 0 Å². The number of hydrogen-bond donors (Lipinski definition) is 0. The van der Waals surface area contributed by atoms with Crippen LogP contribution in [0.1, 0.15) is 91.9 Å². The van der Waals surface area contributed by atoms with Gasteiger partial charge in [0.2, 0.25) is 0 Å². The van der Waals surface area contributed by atoms with E-state index in [2.05, 4.69) is 27.7 Å². The van der Waals surface area contributed by atoms with Gasteiger partial charge >= 0.3 is 0 Å². The van der Waals surface area contributed by atoms with Gasteiger partial charge in [0.15, 0.2) is 0 Å². The van der Waals surface area contributed by atoms with Gasteiger partial charge in [0.25, 0.3) is 5.97 Å². The van der Waals surface area contributed by atoms with Crippen LogP contribution in [0.3, 0.4) is 0 Å². The lowest BCUT2D eigenvalue weighted by Crippen LogP contribution is -2.48. The molecule has 0 spiro atoms. The minimum atomic E-state index is -0.965. The third-order valence-corrected chi connectivity index (χ3v) is 4.49. The summed E-state index contributed by atoms with van der Waals surface area (Å²) in [6.45, 7) is 10.5. The first-order chi connectivity index (χ1) is 11.7. The minimum Gasteiger partial charge on any atom is -0.327 e. The lowest BCUT2D eigenvalue weighted by molar-refractivity contribution is -0.403. The van der Waals surface area contributed by atoms with Crippen molar-refractivity contribution < 1.29 is 14.2 Å². The van der Waals surface area contributed by atoms with Gasteiger partial charge in [-0.1, -0.05) is 66.2 Å². The predicted molar refractivity (Wildman–Crippen MR) is 104 cm³/mol. The second-order valence-corrected chi connectivity index (χ2v) is 6.87. The van der Waals surface area contributed by atoms with Crippen LogP contribution in [0.5, 0.6) is 0 Å². The van der Waals surface area contributed by atoms with E-state index in [1.807, 2.05) is 0 Å². The SMILES string of the molecule is CCCCCCCCC(CCl)C(OCCC)(OCCC)OCCC.